The molecule has 0 bridgehead atoms. The van der Waals surface area contributed by atoms with E-state index in [1.165, 1.54) is 6.07 Å². The Hall–Kier alpha value is -1.00. The molecule has 0 saturated carbocycles. The van der Waals surface area contributed by atoms with Gasteiger partial charge in [0.25, 0.3) is 0 Å². The summed E-state index contributed by atoms with van der Waals surface area (Å²) in [4.78, 5) is 2.08. The Morgan fingerprint density at radius 3 is 2.56 bits per heavy atom. The van der Waals surface area contributed by atoms with Gasteiger partial charge in [0.15, 0.2) is 11.6 Å². The van der Waals surface area contributed by atoms with Crippen molar-refractivity contribution in [2.24, 2.45) is 5.73 Å². The van der Waals surface area contributed by atoms with Gasteiger partial charge in [-0.15, -0.1) is 0 Å². The highest BCUT2D eigenvalue weighted by Crippen LogP contribution is 2.09. The van der Waals surface area contributed by atoms with Crippen LogP contribution in [-0.2, 0) is 6.42 Å². The van der Waals surface area contributed by atoms with Crippen LogP contribution in [0.5, 0.6) is 0 Å². The van der Waals surface area contributed by atoms with Crippen molar-refractivity contribution in [2.75, 3.05) is 20.1 Å². The molecule has 0 radical (unpaired) electrons. The molecule has 1 unspecified atom stereocenters. The van der Waals surface area contributed by atoms with Crippen LogP contribution in [0.4, 0.5) is 8.78 Å². The van der Waals surface area contributed by atoms with E-state index in [0.717, 1.165) is 24.7 Å². The second kappa shape index (κ2) is 5.92. The first kappa shape index (κ1) is 13.1. The summed E-state index contributed by atoms with van der Waals surface area (Å²) < 4.78 is 25.6. The van der Waals surface area contributed by atoms with Crippen LogP contribution >= 0.6 is 0 Å². The molecular formula is C12H18F2N2. The molecule has 2 nitrogen and oxygen atoms in total. The maximum absolute atomic E-state index is 12.9. The zero-order chi connectivity index (χ0) is 12.1. The molecule has 1 rings (SSSR count). The van der Waals surface area contributed by atoms with E-state index < -0.39 is 11.6 Å². The van der Waals surface area contributed by atoms with Crippen LogP contribution in [0.1, 0.15) is 12.5 Å². The quantitative estimate of drug-likeness (QED) is 0.832. The lowest BCUT2D eigenvalue weighted by atomic mass is 10.1. The molecule has 0 saturated heterocycles. The Kier molecular flexibility index (Phi) is 4.83. The summed E-state index contributed by atoms with van der Waals surface area (Å²) in [6.45, 7) is 3.52. The SMILES string of the molecule is CC(N)CN(C)CCc1ccc(F)c(F)c1. The van der Waals surface area contributed by atoms with Gasteiger partial charge in [-0.25, -0.2) is 8.78 Å². The molecule has 0 amide bonds. The average molecular weight is 228 g/mol. The van der Waals surface area contributed by atoms with Gasteiger partial charge in [0.1, 0.15) is 0 Å². The maximum Gasteiger partial charge on any atom is 0.159 e. The molecule has 0 aliphatic rings. The van der Waals surface area contributed by atoms with E-state index in [1.807, 2.05) is 14.0 Å². The number of halogens is 2. The molecule has 0 aliphatic heterocycles. The van der Waals surface area contributed by atoms with Crippen molar-refractivity contribution >= 4 is 0 Å². The summed E-state index contributed by atoms with van der Waals surface area (Å²) in [6, 6.07) is 4.14. The van der Waals surface area contributed by atoms with Crippen LogP contribution in [0.2, 0.25) is 0 Å². The normalized spacial score (nSPS) is 13.1. The summed E-state index contributed by atoms with van der Waals surface area (Å²) >= 11 is 0. The largest absolute Gasteiger partial charge is 0.327 e. The molecule has 0 heterocycles. The lowest BCUT2D eigenvalue weighted by Gasteiger charge is -2.18. The average Bonchev–Trinajstić information content (AvgIpc) is 2.19. The van der Waals surface area contributed by atoms with Gasteiger partial charge in [-0.1, -0.05) is 6.07 Å². The lowest BCUT2D eigenvalue weighted by Crippen LogP contribution is -2.34. The van der Waals surface area contributed by atoms with Crippen LogP contribution in [0.15, 0.2) is 18.2 Å². The van der Waals surface area contributed by atoms with E-state index >= 15 is 0 Å². The van der Waals surface area contributed by atoms with E-state index in [0.29, 0.717) is 6.42 Å². The van der Waals surface area contributed by atoms with E-state index in [1.54, 1.807) is 6.07 Å². The second-order valence-corrected chi connectivity index (χ2v) is 4.24. The van der Waals surface area contributed by atoms with Crippen molar-refractivity contribution in [1.29, 1.82) is 0 Å². The molecule has 90 valence electrons. The minimum atomic E-state index is -0.798. The minimum absolute atomic E-state index is 0.120. The van der Waals surface area contributed by atoms with Crippen LogP contribution < -0.4 is 5.73 Å². The molecule has 16 heavy (non-hydrogen) atoms. The zero-order valence-electron chi connectivity index (χ0n) is 9.71. The summed E-state index contributed by atoms with van der Waals surface area (Å²) in [5.41, 5.74) is 6.46. The van der Waals surface area contributed by atoms with Gasteiger partial charge in [-0.3, -0.25) is 0 Å². The maximum atomic E-state index is 12.9. The van der Waals surface area contributed by atoms with Crippen molar-refractivity contribution in [3.05, 3.63) is 35.4 Å². The van der Waals surface area contributed by atoms with Gasteiger partial charge in [0, 0.05) is 19.1 Å². The Morgan fingerprint density at radius 1 is 1.31 bits per heavy atom. The summed E-state index contributed by atoms with van der Waals surface area (Å²) in [5, 5.41) is 0. The second-order valence-electron chi connectivity index (χ2n) is 4.24. The van der Waals surface area contributed by atoms with Crippen molar-refractivity contribution in [3.63, 3.8) is 0 Å². The van der Waals surface area contributed by atoms with Gasteiger partial charge >= 0.3 is 0 Å². The standard InChI is InChI=1S/C12H18F2N2/c1-9(15)8-16(2)6-5-10-3-4-11(13)12(14)7-10/h3-4,7,9H,5-6,8,15H2,1-2H3. The topological polar surface area (TPSA) is 29.3 Å². The molecule has 2 N–H and O–H groups in total. The molecular weight excluding hydrogens is 210 g/mol. The Labute approximate surface area is 95.1 Å². The number of hydrogen-bond acceptors (Lipinski definition) is 2. The lowest BCUT2D eigenvalue weighted by molar-refractivity contribution is 0.321. The van der Waals surface area contributed by atoms with Gasteiger partial charge in [0.2, 0.25) is 0 Å². The smallest absolute Gasteiger partial charge is 0.159 e. The van der Waals surface area contributed by atoms with Crippen molar-refractivity contribution in [1.82, 2.24) is 4.90 Å². The molecule has 4 heteroatoms. The fourth-order valence-corrected chi connectivity index (χ4v) is 1.60. The number of benzene rings is 1. The monoisotopic (exact) mass is 228 g/mol. The summed E-state index contributed by atoms with van der Waals surface area (Å²) in [5.74, 6) is -1.58. The van der Waals surface area contributed by atoms with Gasteiger partial charge in [-0.2, -0.15) is 0 Å². The summed E-state index contributed by atoms with van der Waals surface area (Å²) in [6.07, 6.45) is 0.695. The van der Waals surface area contributed by atoms with E-state index in [2.05, 4.69) is 4.90 Å². The minimum Gasteiger partial charge on any atom is -0.327 e. The van der Waals surface area contributed by atoms with Crippen molar-refractivity contribution < 1.29 is 8.78 Å². The third-order valence-electron chi connectivity index (χ3n) is 2.37. The molecule has 0 aromatic heterocycles. The molecule has 0 fully saturated rings. The molecule has 0 spiro atoms. The van der Waals surface area contributed by atoms with Crippen molar-refractivity contribution in [3.8, 4) is 0 Å². The van der Waals surface area contributed by atoms with E-state index in [4.69, 9.17) is 5.73 Å². The molecule has 0 aliphatic carbocycles. The first-order chi connectivity index (χ1) is 7.49. The summed E-state index contributed by atoms with van der Waals surface area (Å²) in [7, 11) is 1.96. The highest BCUT2D eigenvalue weighted by Gasteiger charge is 2.05. The van der Waals surface area contributed by atoms with Crippen LogP contribution in [-0.4, -0.2) is 31.1 Å². The predicted octanol–water partition coefficient (Wildman–Crippen LogP) is 1.79. The zero-order valence-corrected chi connectivity index (χ0v) is 9.71. The number of nitrogens with two attached hydrogens (primary N) is 1. The number of hydrogen-bond donors (Lipinski definition) is 1. The van der Waals surface area contributed by atoms with Gasteiger partial charge in [-0.05, 0) is 38.1 Å². The fourth-order valence-electron chi connectivity index (χ4n) is 1.60. The predicted molar refractivity (Wildman–Crippen MR) is 61.2 cm³/mol. The third-order valence-corrected chi connectivity index (χ3v) is 2.37. The fraction of sp³-hybridized carbons (Fsp3) is 0.500. The highest BCUT2D eigenvalue weighted by atomic mass is 19.2. The molecule has 1 atom stereocenters. The third kappa shape index (κ3) is 4.24. The first-order valence-electron chi connectivity index (χ1n) is 5.37. The first-order valence-corrected chi connectivity index (χ1v) is 5.37. The van der Waals surface area contributed by atoms with Crippen LogP contribution in [0.3, 0.4) is 0 Å². The van der Waals surface area contributed by atoms with Gasteiger partial charge < -0.3 is 10.6 Å². The van der Waals surface area contributed by atoms with E-state index in [-0.39, 0.29) is 6.04 Å². The molecule has 1 aromatic carbocycles. The van der Waals surface area contributed by atoms with Crippen LogP contribution in [0.25, 0.3) is 0 Å². The van der Waals surface area contributed by atoms with E-state index in [9.17, 15) is 8.78 Å². The highest BCUT2D eigenvalue weighted by molar-refractivity contribution is 5.18. The van der Waals surface area contributed by atoms with Crippen LogP contribution in [0, 0.1) is 11.6 Å². The number of rotatable bonds is 5. The van der Waals surface area contributed by atoms with Crippen molar-refractivity contribution in [2.45, 2.75) is 19.4 Å². The number of likely N-dealkylation sites (N-methyl/N-ethyl adjacent to an activating group) is 1. The Morgan fingerprint density at radius 2 is 2.00 bits per heavy atom. The van der Waals surface area contributed by atoms with Gasteiger partial charge in [0.05, 0.1) is 0 Å². The number of nitrogens with zero attached hydrogens (tertiary/aromatic N) is 1. The molecule has 1 aromatic rings. The Balaban J connectivity index is 2.45. The Bertz CT molecular complexity index is 340.